The number of hydrogen-bond donors (Lipinski definition) is 1. The summed E-state index contributed by atoms with van der Waals surface area (Å²) in [7, 11) is 1.64. The first-order valence-electron chi connectivity index (χ1n) is 7.16. The smallest absolute Gasteiger partial charge is 0.419 e. The number of aryl methyl sites for hydroxylation is 1. The molecule has 0 atom stereocenters. The molecule has 0 aliphatic heterocycles. The van der Waals surface area contributed by atoms with Crippen LogP contribution in [-0.4, -0.2) is 17.1 Å². The van der Waals surface area contributed by atoms with Gasteiger partial charge in [0.05, 0.1) is 5.52 Å². The van der Waals surface area contributed by atoms with E-state index in [2.05, 4.69) is 5.32 Å². The fourth-order valence-electron chi connectivity index (χ4n) is 2.20. The lowest BCUT2D eigenvalue weighted by atomic mass is 10.2. The first-order valence-corrected chi connectivity index (χ1v) is 7.16. The number of oxazole rings is 1. The molecule has 3 aromatic rings. The summed E-state index contributed by atoms with van der Waals surface area (Å²) in [6.45, 7) is 0.308. The summed E-state index contributed by atoms with van der Waals surface area (Å²) in [5, 5.41) is 2.78. The van der Waals surface area contributed by atoms with Gasteiger partial charge in [0.1, 0.15) is 5.75 Å². The van der Waals surface area contributed by atoms with Gasteiger partial charge in [0.25, 0.3) is 5.91 Å². The van der Waals surface area contributed by atoms with Crippen LogP contribution in [0.5, 0.6) is 5.75 Å². The van der Waals surface area contributed by atoms with Crippen LogP contribution in [0.4, 0.5) is 0 Å². The zero-order valence-corrected chi connectivity index (χ0v) is 12.6. The van der Waals surface area contributed by atoms with Crippen LogP contribution in [0.25, 0.3) is 11.1 Å². The summed E-state index contributed by atoms with van der Waals surface area (Å²) in [6.07, 6.45) is 0. The van der Waals surface area contributed by atoms with Crippen molar-refractivity contribution in [3.63, 3.8) is 0 Å². The molecule has 0 bridgehead atoms. The van der Waals surface area contributed by atoms with E-state index in [-0.39, 0.29) is 12.5 Å². The molecule has 0 fully saturated rings. The number of carbonyl (C=O) groups is 1. The molecule has 0 aliphatic carbocycles. The van der Waals surface area contributed by atoms with Crippen molar-refractivity contribution >= 4 is 17.0 Å². The minimum absolute atomic E-state index is 0.0452. The van der Waals surface area contributed by atoms with Crippen molar-refractivity contribution in [2.24, 2.45) is 7.05 Å². The molecule has 0 spiro atoms. The number of benzene rings is 2. The summed E-state index contributed by atoms with van der Waals surface area (Å²) in [5.74, 6) is 0.0324. The third-order valence-corrected chi connectivity index (χ3v) is 3.46. The number of nitrogens with one attached hydrogen (secondary N) is 1. The monoisotopic (exact) mass is 312 g/mol. The van der Waals surface area contributed by atoms with E-state index in [1.165, 1.54) is 4.57 Å². The molecule has 2 aromatic carbocycles. The van der Waals surface area contributed by atoms with E-state index < -0.39 is 5.76 Å². The molecule has 0 radical (unpaired) electrons. The zero-order valence-electron chi connectivity index (χ0n) is 12.6. The van der Waals surface area contributed by atoms with Crippen molar-refractivity contribution in [2.75, 3.05) is 6.61 Å². The lowest BCUT2D eigenvalue weighted by Crippen LogP contribution is -2.28. The second-order valence-electron chi connectivity index (χ2n) is 5.11. The average molecular weight is 312 g/mol. The predicted octanol–water partition coefficient (Wildman–Crippen LogP) is 1.83. The Labute approximate surface area is 132 Å². The Balaban J connectivity index is 1.58. The van der Waals surface area contributed by atoms with Gasteiger partial charge in [-0.1, -0.05) is 24.3 Å². The number of nitrogens with zero attached hydrogens (tertiary/aromatic N) is 1. The van der Waals surface area contributed by atoms with Crippen LogP contribution >= 0.6 is 0 Å². The first kappa shape index (κ1) is 14.9. The van der Waals surface area contributed by atoms with Crippen molar-refractivity contribution in [1.82, 2.24) is 9.88 Å². The highest BCUT2D eigenvalue weighted by atomic mass is 16.5. The van der Waals surface area contributed by atoms with Gasteiger partial charge < -0.3 is 14.5 Å². The van der Waals surface area contributed by atoms with Crippen LogP contribution in [0.15, 0.2) is 57.7 Å². The molecular weight excluding hydrogens is 296 g/mol. The van der Waals surface area contributed by atoms with Gasteiger partial charge in [0.15, 0.2) is 12.2 Å². The molecule has 0 saturated heterocycles. The lowest BCUT2D eigenvalue weighted by molar-refractivity contribution is -0.123. The molecule has 1 aromatic heterocycles. The molecule has 0 aliphatic rings. The molecular formula is C17H16N2O4. The van der Waals surface area contributed by atoms with E-state index in [1.54, 1.807) is 25.2 Å². The van der Waals surface area contributed by atoms with Crippen molar-refractivity contribution < 1.29 is 13.9 Å². The Morgan fingerprint density at radius 2 is 2.00 bits per heavy atom. The standard InChI is InChI=1S/C17H16N2O4/c1-19-14-9-12(7-8-15(14)23-17(19)21)10-18-16(20)11-22-13-5-3-2-4-6-13/h2-9H,10-11H2,1H3,(H,18,20). The molecule has 1 heterocycles. The van der Waals surface area contributed by atoms with Crippen molar-refractivity contribution in [2.45, 2.75) is 6.54 Å². The summed E-state index contributed by atoms with van der Waals surface area (Å²) in [6, 6.07) is 14.5. The fraction of sp³-hybridized carbons (Fsp3) is 0.176. The Morgan fingerprint density at radius 3 is 2.78 bits per heavy atom. The minimum Gasteiger partial charge on any atom is -0.484 e. The van der Waals surface area contributed by atoms with E-state index in [0.717, 1.165) is 5.56 Å². The van der Waals surface area contributed by atoms with Crippen LogP contribution in [-0.2, 0) is 18.4 Å². The second-order valence-corrected chi connectivity index (χ2v) is 5.11. The zero-order chi connectivity index (χ0) is 16.2. The van der Waals surface area contributed by atoms with Gasteiger partial charge in [-0.05, 0) is 29.8 Å². The SMILES string of the molecule is Cn1c(=O)oc2ccc(CNC(=O)COc3ccccc3)cc21. The third-order valence-electron chi connectivity index (χ3n) is 3.46. The van der Waals surface area contributed by atoms with E-state index >= 15 is 0 Å². The van der Waals surface area contributed by atoms with Gasteiger partial charge in [-0.15, -0.1) is 0 Å². The Morgan fingerprint density at radius 1 is 1.22 bits per heavy atom. The highest BCUT2D eigenvalue weighted by Gasteiger charge is 2.07. The summed E-state index contributed by atoms with van der Waals surface area (Å²) in [5.41, 5.74) is 2.10. The maximum Gasteiger partial charge on any atom is 0.419 e. The minimum atomic E-state index is -0.405. The van der Waals surface area contributed by atoms with Crippen molar-refractivity contribution in [3.05, 3.63) is 64.6 Å². The molecule has 1 amide bonds. The number of ether oxygens (including phenoxy) is 1. The summed E-state index contributed by atoms with van der Waals surface area (Å²) >= 11 is 0. The largest absolute Gasteiger partial charge is 0.484 e. The van der Waals surface area contributed by atoms with Crippen LogP contribution in [0, 0.1) is 0 Å². The van der Waals surface area contributed by atoms with Gasteiger partial charge in [0.2, 0.25) is 0 Å². The molecule has 6 nitrogen and oxygen atoms in total. The van der Waals surface area contributed by atoms with Crippen LogP contribution < -0.4 is 15.8 Å². The van der Waals surface area contributed by atoms with E-state index in [4.69, 9.17) is 9.15 Å². The number of hydrogen-bond acceptors (Lipinski definition) is 4. The first-order chi connectivity index (χ1) is 11.1. The second kappa shape index (κ2) is 6.39. The average Bonchev–Trinajstić information content (AvgIpc) is 2.86. The Kier molecular flexibility index (Phi) is 4.14. The third kappa shape index (κ3) is 3.42. The molecule has 6 heteroatoms. The molecule has 0 saturated carbocycles. The molecule has 118 valence electrons. The maximum atomic E-state index is 11.8. The topological polar surface area (TPSA) is 73.5 Å². The van der Waals surface area contributed by atoms with Gasteiger partial charge in [-0.25, -0.2) is 4.79 Å². The van der Waals surface area contributed by atoms with E-state index in [9.17, 15) is 9.59 Å². The van der Waals surface area contributed by atoms with E-state index in [0.29, 0.717) is 23.4 Å². The number of amides is 1. The van der Waals surface area contributed by atoms with Gasteiger partial charge in [0, 0.05) is 13.6 Å². The highest BCUT2D eigenvalue weighted by molar-refractivity contribution is 5.78. The Bertz CT molecular complexity index is 880. The Hall–Kier alpha value is -3.02. The molecule has 1 N–H and O–H groups in total. The van der Waals surface area contributed by atoms with E-state index in [1.807, 2.05) is 30.3 Å². The predicted molar refractivity (Wildman–Crippen MR) is 85.2 cm³/mol. The molecule has 0 unspecified atom stereocenters. The molecule has 3 rings (SSSR count). The van der Waals surface area contributed by atoms with Crippen molar-refractivity contribution in [1.29, 1.82) is 0 Å². The van der Waals surface area contributed by atoms with Crippen molar-refractivity contribution in [3.8, 4) is 5.75 Å². The van der Waals surface area contributed by atoms with Crippen LogP contribution in [0.2, 0.25) is 0 Å². The molecule has 23 heavy (non-hydrogen) atoms. The maximum absolute atomic E-state index is 11.8. The van der Waals surface area contributed by atoms with Gasteiger partial charge >= 0.3 is 5.76 Å². The summed E-state index contributed by atoms with van der Waals surface area (Å²) in [4.78, 5) is 23.3. The van der Waals surface area contributed by atoms with Crippen LogP contribution in [0.3, 0.4) is 0 Å². The quantitative estimate of drug-likeness (QED) is 0.780. The van der Waals surface area contributed by atoms with Gasteiger partial charge in [-0.3, -0.25) is 9.36 Å². The number of carbonyl (C=O) groups excluding carboxylic acids is 1. The number of para-hydroxylation sites is 1. The summed E-state index contributed by atoms with van der Waals surface area (Å²) < 4.78 is 11.9. The fourth-order valence-corrected chi connectivity index (χ4v) is 2.20. The normalized spacial score (nSPS) is 10.7. The van der Waals surface area contributed by atoms with Gasteiger partial charge in [-0.2, -0.15) is 0 Å². The number of aromatic nitrogens is 1. The number of fused-ring (bicyclic) bond motifs is 1. The number of rotatable bonds is 5. The highest BCUT2D eigenvalue weighted by Crippen LogP contribution is 2.14. The van der Waals surface area contributed by atoms with Crippen LogP contribution in [0.1, 0.15) is 5.56 Å². The lowest BCUT2D eigenvalue weighted by Gasteiger charge is -2.07.